The van der Waals surface area contributed by atoms with E-state index in [1.165, 1.54) is 23.5 Å². The third-order valence-electron chi connectivity index (χ3n) is 6.10. The van der Waals surface area contributed by atoms with Gasteiger partial charge < -0.3 is 15.4 Å². The highest BCUT2D eigenvalue weighted by atomic mass is 32.1. The van der Waals surface area contributed by atoms with Gasteiger partial charge in [0.05, 0.1) is 11.3 Å². The van der Waals surface area contributed by atoms with E-state index in [9.17, 15) is 14.0 Å². The van der Waals surface area contributed by atoms with Crippen molar-refractivity contribution in [2.24, 2.45) is 5.73 Å². The smallest absolute Gasteiger partial charge is 0.410 e. The molecular weight excluding hydrogens is 481 g/mol. The van der Waals surface area contributed by atoms with Gasteiger partial charge in [-0.1, -0.05) is 13.8 Å². The van der Waals surface area contributed by atoms with E-state index in [1.54, 1.807) is 17.0 Å². The van der Waals surface area contributed by atoms with Crippen LogP contribution in [0.5, 0.6) is 0 Å². The average molecular weight is 514 g/mol. The summed E-state index contributed by atoms with van der Waals surface area (Å²) in [6, 6.07) is 6.14. The Morgan fingerprint density at radius 2 is 1.83 bits per heavy atom. The van der Waals surface area contributed by atoms with Gasteiger partial charge in [0.25, 0.3) is 5.91 Å². The maximum atomic E-state index is 13.6. The molecule has 1 aromatic carbocycles. The number of nitrogens with two attached hydrogens (primary N) is 1. The lowest BCUT2D eigenvalue weighted by Gasteiger charge is -2.33. The van der Waals surface area contributed by atoms with Gasteiger partial charge in [0, 0.05) is 30.3 Å². The number of halogens is 1. The molecule has 2 aromatic heterocycles. The molecule has 3 heterocycles. The van der Waals surface area contributed by atoms with Crippen LogP contribution in [0.25, 0.3) is 21.8 Å². The monoisotopic (exact) mass is 513 g/mol. The number of carbonyl (C=O) groups is 2. The molecule has 10 heteroatoms. The Hall–Kier alpha value is -3.27. The van der Waals surface area contributed by atoms with E-state index in [4.69, 9.17) is 15.5 Å². The van der Waals surface area contributed by atoms with Crippen LogP contribution in [0.15, 0.2) is 24.3 Å². The first kappa shape index (κ1) is 25.8. The van der Waals surface area contributed by atoms with Gasteiger partial charge in [-0.2, -0.15) is 5.10 Å². The van der Waals surface area contributed by atoms with Crippen LogP contribution in [-0.4, -0.2) is 50.8 Å². The Labute approximate surface area is 214 Å². The highest BCUT2D eigenvalue weighted by Crippen LogP contribution is 2.42. The van der Waals surface area contributed by atoms with Crippen LogP contribution in [-0.2, 0) is 4.74 Å². The number of thiazole rings is 1. The lowest BCUT2D eigenvalue weighted by atomic mass is 9.90. The lowest BCUT2D eigenvalue weighted by molar-refractivity contribution is 0.0204. The van der Waals surface area contributed by atoms with Gasteiger partial charge in [-0.05, 0) is 63.8 Å². The number of aromatic nitrogens is 3. The van der Waals surface area contributed by atoms with Crippen molar-refractivity contribution in [1.29, 1.82) is 0 Å². The Balaban J connectivity index is 1.71. The van der Waals surface area contributed by atoms with Crippen LogP contribution >= 0.6 is 11.3 Å². The predicted octanol–water partition coefficient (Wildman–Crippen LogP) is 5.68. The molecule has 1 saturated heterocycles. The summed E-state index contributed by atoms with van der Waals surface area (Å²) in [6.07, 6.45) is 1.11. The Morgan fingerprint density at radius 3 is 2.36 bits per heavy atom. The molecule has 192 valence electrons. The minimum atomic E-state index is -0.550. The number of nitrogens with zero attached hydrogens (tertiary/aromatic N) is 3. The minimum Gasteiger partial charge on any atom is -0.444 e. The number of benzene rings is 1. The molecule has 0 atom stereocenters. The quantitative estimate of drug-likeness (QED) is 0.456. The van der Waals surface area contributed by atoms with Gasteiger partial charge in [-0.15, -0.1) is 11.3 Å². The number of amides is 2. The summed E-state index contributed by atoms with van der Waals surface area (Å²) < 4.78 is 19.2. The molecule has 0 saturated carbocycles. The molecule has 3 N–H and O–H groups in total. The van der Waals surface area contributed by atoms with E-state index in [0.29, 0.717) is 47.2 Å². The largest absolute Gasteiger partial charge is 0.444 e. The molecule has 0 bridgehead atoms. The molecule has 36 heavy (non-hydrogen) atoms. The van der Waals surface area contributed by atoms with E-state index < -0.39 is 11.5 Å². The van der Waals surface area contributed by atoms with Crippen LogP contribution in [0.2, 0.25) is 0 Å². The minimum absolute atomic E-state index is 0.0131. The van der Waals surface area contributed by atoms with Crippen molar-refractivity contribution < 1.29 is 18.7 Å². The maximum Gasteiger partial charge on any atom is 0.410 e. The molecule has 3 aromatic rings. The average Bonchev–Trinajstić information content (AvgIpc) is 3.43. The Bertz CT molecular complexity index is 1250. The number of rotatable bonds is 5. The highest BCUT2D eigenvalue weighted by Gasteiger charge is 2.32. The third kappa shape index (κ3) is 5.43. The number of hydrogen-bond acceptors (Lipinski definition) is 6. The van der Waals surface area contributed by atoms with Gasteiger partial charge in [0.1, 0.15) is 27.0 Å². The van der Waals surface area contributed by atoms with E-state index >= 15 is 0 Å². The number of primary amides is 1. The number of hydrogen-bond donors (Lipinski definition) is 2. The second-order valence-electron chi connectivity index (χ2n) is 10.4. The third-order valence-corrected chi connectivity index (χ3v) is 7.21. The summed E-state index contributed by atoms with van der Waals surface area (Å²) in [5, 5.41) is 8.44. The fourth-order valence-corrected chi connectivity index (χ4v) is 5.50. The Kier molecular flexibility index (Phi) is 7.17. The van der Waals surface area contributed by atoms with Crippen LogP contribution in [0.3, 0.4) is 0 Å². The number of ether oxygens (including phenoxy) is 1. The number of aromatic amines is 1. The first-order valence-corrected chi connectivity index (χ1v) is 12.9. The van der Waals surface area contributed by atoms with Gasteiger partial charge in [-0.3, -0.25) is 9.89 Å². The first-order chi connectivity index (χ1) is 16.9. The molecule has 1 aliphatic rings. The number of likely N-dealkylation sites (tertiary alicyclic amines) is 1. The zero-order valence-electron chi connectivity index (χ0n) is 21.2. The predicted molar refractivity (Wildman–Crippen MR) is 137 cm³/mol. The maximum absolute atomic E-state index is 13.6. The molecule has 1 aliphatic heterocycles. The van der Waals surface area contributed by atoms with Gasteiger partial charge in [-0.25, -0.2) is 14.2 Å². The Morgan fingerprint density at radius 1 is 1.19 bits per heavy atom. The molecule has 0 radical (unpaired) electrons. The molecule has 4 rings (SSSR count). The molecule has 0 spiro atoms. The van der Waals surface area contributed by atoms with Crippen LogP contribution in [0.1, 0.15) is 80.4 Å². The summed E-state index contributed by atoms with van der Waals surface area (Å²) in [5.74, 6) is -0.748. The number of H-pyrrole nitrogens is 1. The molecular formula is C26H32FN5O3S. The number of carbonyl (C=O) groups excluding carboxylic acids is 2. The van der Waals surface area contributed by atoms with Crippen molar-refractivity contribution in [3.8, 4) is 21.8 Å². The number of nitrogens with one attached hydrogen (secondary N) is 1. The molecule has 1 fully saturated rings. The first-order valence-electron chi connectivity index (χ1n) is 12.1. The van der Waals surface area contributed by atoms with Crippen molar-refractivity contribution in [2.75, 3.05) is 13.1 Å². The topological polar surface area (TPSA) is 114 Å². The van der Waals surface area contributed by atoms with Gasteiger partial charge >= 0.3 is 6.09 Å². The number of piperidine rings is 1. The van der Waals surface area contributed by atoms with Crippen molar-refractivity contribution in [3.63, 3.8) is 0 Å². The van der Waals surface area contributed by atoms with Crippen molar-refractivity contribution in [2.45, 2.75) is 64.9 Å². The second-order valence-corrected chi connectivity index (χ2v) is 11.4. The summed E-state index contributed by atoms with van der Waals surface area (Å²) in [5.41, 5.74) is 8.82. The SMILES string of the molecule is CC(C)c1nc(-c2c(-c3ccc(F)cc3)n[nH]c2C2CCN(C(=O)OC(C)(C)C)CC2)sc1C(N)=O. The normalized spacial score (nSPS) is 14.9. The standard InChI is InChI=1S/C26H32FN5O3S/c1-14(2)19-22(23(28)33)36-24(29-19)18-20(15-6-8-17(27)9-7-15)30-31-21(18)16-10-12-32(13-11-16)25(34)35-26(3,4)5/h6-9,14,16H,10-13H2,1-5H3,(H2,28,33)(H,30,31). The van der Waals surface area contributed by atoms with Gasteiger partial charge in [0.15, 0.2) is 0 Å². The van der Waals surface area contributed by atoms with E-state index in [1.807, 2.05) is 34.6 Å². The fourth-order valence-electron chi connectivity index (χ4n) is 4.37. The van der Waals surface area contributed by atoms with Gasteiger partial charge in [0.2, 0.25) is 0 Å². The molecule has 0 aliphatic carbocycles. The highest BCUT2D eigenvalue weighted by molar-refractivity contribution is 7.17. The molecule has 0 unspecified atom stereocenters. The fraction of sp³-hybridized carbons (Fsp3) is 0.462. The van der Waals surface area contributed by atoms with E-state index in [-0.39, 0.29) is 23.7 Å². The van der Waals surface area contributed by atoms with Crippen molar-refractivity contribution >= 4 is 23.3 Å². The van der Waals surface area contributed by atoms with E-state index in [2.05, 4.69) is 10.2 Å². The van der Waals surface area contributed by atoms with Crippen LogP contribution < -0.4 is 5.73 Å². The molecule has 8 nitrogen and oxygen atoms in total. The zero-order chi connectivity index (χ0) is 26.2. The summed E-state index contributed by atoms with van der Waals surface area (Å²) in [6.45, 7) is 10.6. The second kappa shape index (κ2) is 10.0. The van der Waals surface area contributed by atoms with Crippen LogP contribution in [0, 0.1) is 5.82 Å². The lowest BCUT2D eigenvalue weighted by Crippen LogP contribution is -2.41. The molecule has 2 amide bonds. The van der Waals surface area contributed by atoms with E-state index in [0.717, 1.165) is 16.8 Å². The summed E-state index contributed by atoms with van der Waals surface area (Å²) in [4.78, 5) is 31.7. The summed E-state index contributed by atoms with van der Waals surface area (Å²) in [7, 11) is 0. The zero-order valence-corrected chi connectivity index (χ0v) is 22.0. The van der Waals surface area contributed by atoms with Crippen molar-refractivity contribution in [3.05, 3.63) is 46.3 Å². The summed E-state index contributed by atoms with van der Waals surface area (Å²) >= 11 is 1.25. The van der Waals surface area contributed by atoms with Crippen LogP contribution in [0.4, 0.5) is 9.18 Å². The van der Waals surface area contributed by atoms with Crippen molar-refractivity contribution in [1.82, 2.24) is 20.1 Å².